The van der Waals surface area contributed by atoms with Crippen LogP contribution in [0.4, 0.5) is 0 Å². The fourth-order valence-corrected chi connectivity index (χ4v) is 0.831. The van der Waals surface area contributed by atoms with Crippen molar-refractivity contribution in [3.05, 3.63) is 36.5 Å². The number of allylic oxidation sites excluding steroid dienone is 4. The van der Waals surface area contributed by atoms with Crippen LogP contribution in [-0.4, -0.2) is 0 Å². The molecule has 0 atom stereocenters. The molecule has 0 bridgehead atoms. The van der Waals surface area contributed by atoms with Crippen molar-refractivity contribution in [2.45, 2.75) is 54.4 Å². The summed E-state index contributed by atoms with van der Waals surface area (Å²) in [4.78, 5) is 0. The minimum Gasteiger partial charge on any atom is -0.0998 e. The first-order valence-electron chi connectivity index (χ1n) is 5.15. The molecule has 0 fully saturated rings. The van der Waals surface area contributed by atoms with Gasteiger partial charge in [0, 0.05) is 0 Å². The zero-order valence-corrected chi connectivity index (χ0v) is 9.69. The molecule has 14 heavy (non-hydrogen) atoms. The normalized spacial score (nSPS) is 8.57. The van der Waals surface area contributed by atoms with Crippen molar-refractivity contribution in [1.29, 1.82) is 0 Å². The summed E-state index contributed by atoms with van der Waals surface area (Å²) in [5, 5.41) is 0. The van der Waals surface area contributed by atoms with E-state index in [0.717, 1.165) is 12.8 Å². The predicted molar refractivity (Wildman–Crippen MR) is 70.7 cm³/mol. The van der Waals surface area contributed by atoms with E-state index in [-0.39, 0.29) is 7.43 Å². The van der Waals surface area contributed by atoms with E-state index in [1.807, 2.05) is 20.8 Å². The molecule has 0 heteroatoms. The molecule has 0 rings (SSSR count). The van der Waals surface area contributed by atoms with E-state index in [4.69, 9.17) is 0 Å². The Labute approximate surface area is 91.4 Å². The van der Waals surface area contributed by atoms with Gasteiger partial charge in [-0.15, -0.1) is 0 Å². The summed E-state index contributed by atoms with van der Waals surface area (Å²) in [5.74, 6) is 0. The van der Waals surface area contributed by atoms with E-state index in [0.29, 0.717) is 0 Å². The van der Waals surface area contributed by atoms with Crippen LogP contribution in [0, 0.1) is 0 Å². The van der Waals surface area contributed by atoms with E-state index in [1.54, 1.807) is 0 Å². The van der Waals surface area contributed by atoms with Crippen molar-refractivity contribution >= 4 is 0 Å². The monoisotopic (exact) mass is 196 g/mol. The average Bonchev–Trinajstić information content (AvgIpc) is 2.08. The minimum absolute atomic E-state index is 0. The van der Waals surface area contributed by atoms with Crippen molar-refractivity contribution < 1.29 is 0 Å². The van der Waals surface area contributed by atoms with Crippen molar-refractivity contribution in [2.75, 3.05) is 0 Å². The highest BCUT2D eigenvalue weighted by atomic mass is 13.9. The molecule has 0 heterocycles. The average molecular weight is 196 g/mol. The lowest BCUT2D eigenvalue weighted by Crippen LogP contribution is -1.74. The lowest BCUT2D eigenvalue weighted by Gasteiger charge is -1.94. The lowest BCUT2D eigenvalue weighted by atomic mass is 10.1. The summed E-state index contributed by atoms with van der Waals surface area (Å²) in [5.41, 5.74) is 2.42. The molecule has 0 amide bonds. The zero-order valence-electron chi connectivity index (χ0n) is 9.69. The third kappa shape index (κ3) is 17.3. The van der Waals surface area contributed by atoms with Crippen LogP contribution in [-0.2, 0) is 0 Å². The standard InChI is InChI=1S/C11H18.C2H6.CH4/c1-5-7-11(4)9-6-8-10(2)3;1-2;/h6,9H,2,4-5,7-8H2,1,3H3;1-2H3;1H4. The second-order valence-electron chi connectivity index (χ2n) is 2.97. The summed E-state index contributed by atoms with van der Waals surface area (Å²) in [6.07, 6.45) is 7.48. The summed E-state index contributed by atoms with van der Waals surface area (Å²) >= 11 is 0. The second kappa shape index (κ2) is 14.7. The molecule has 84 valence electrons. The fourth-order valence-electron chi connectivity index (χ4n) is 0.831. The first-order valence-corrected chi connectivity index (χ1v) is 5.15. The number of hydrogen-bond donors (Lipinski definition) is 0. The molecule has 0 aliphatic rings. The highest BCUT2D eigenvalue weighted by Crippen LogP contribution is 2.05. The quantitative estimate of drug-likeness (QED) is 0.401. The Kier molecular flexibility index (Phi) is 19.9. The molecule has 0 nitrogen and oxygen atoms in total. The Balaban J connectivity index is -0.000000376. The third-order valence-corrected chi connectivity index (χ3v) is 1.39. The smallest absolute Gasteiger partial charge is 0.0141 e. The van der Waals surface area contributed by atoms with Crippen molar-refractivity contribution in [3.8, 4) is 0 Å². The molecule has 0 unspecified atom stereocenters. The zero-order chi connectivity index (χ0) is 10.7. The van der Waals surface area contributed by atoms with E-state index >= 15 is 0 Å². The molecule has 0 N–H and O–H groups in total. The van der Waals surface area contributed by atoms with Gasteiger partial charge >= 0.3 is 0 Å². The Bertz CT molecular complexity index is 161. The molecule has 0 saturated carbocycles. The molecule has 0 saturated heterocycles. The van der Waals surface area contributed by atoms with E-state index < -0.39 is 0 Å². The Morgan fingerprint density at radius 2 is 1.71 bits per heavy atom. The van der Waals surface area contributed by atoms with Crippen LogP contribution in [0.1, 0.15) is 54.4 Å². The highest BCUT2D eigenvalue weighted by Gasteiger charge is 1.84. The van der Waals surface area contributed by atoms with Gasteiger partial charge in [0.2, 0.25) is 0 Å². The Hall–Kier alpha value is -0.780. The molecule has 0 aliphatic carbocycles. The largest absolute Gasteiger partial charge is 0.0998 e. The van der Waals surface area contributed by atoms with Crippen molar-refractivity contribution in [2.24, 2.45) is 0 Å². The van der Waals surface area contributed by atoms with E-state index in [9.17, 15) is 0 Å². The molecule has 0 aromatic carbocycles. The van der Waals surface area contributed by atoms with E-state index in [2.05, 4.69) is 32.2 Å². The summed E-state index contributed by atoms with van der Waals surface area (Å²) in [6.45, 7) is 15.9. The topological polar surface area (TPSA) is 0 Å². The van der Waals surface area contributed by atoms with Gasteiger partial charge in [0.1, 0.15) is 0 Å². The van der Waals surface area contributed by atoms with Crippen molar-refractivity contribution in [1.82, 2.24) is 0 Å². The van der Waals surface area contributed by atoms with Gasteiger partial charge in [-0.05, 0) is 19.8 Å². The second-order valence-corrected chi connectivity index (χ2v) is 2.97. The van der Waals surface area contributed by atoms with Gasteiger partial charge in [-0.2, -0.15) is 0 Å². The summed E-state index contributed by atoms with van der Waals surface area (Å²) in [6, 6.07) is 0. The van der Waals surface area contributed by atoms with Crippen LogP contribution in [0.5, 0.6) is 0 Å². The van der Waals surface area contributed by atoms with Crippen LogP contribution in [0.3, 0.4) is 0 Å². The van der Waals surface area contributed by atoms with Gasteiger partial charge in [-0.3, -0.25) is 0 Å². The number of hydrogen-bond acceptors (Lipinski definition) is 0. The molecule has 0 spiro atoms. The first kappa shape index (κ1) is 18.9. The molecular formula is C14H28. The van der Waals surface area contributed by atoms with Crippen LogP contribution >= 0.6 is 0 Å². The summed E-state index contributed by atoms with van der Waals surface area (Å²) < 4.78 is 0. The molecule has 0 aromatic rings. The predicted octanol–water partition coefficient (Wildman–Crippen LogP) is 5.53. The van der Waals surface area contributed by atoms with Gasteiger partial charge in [-0.1, -0.05) is 71.1 Å². The highest BCUT2D eigenvalue weighted by molar-refractivity contribution is 5.15. The van der Waals surface area contributed by atoms with Gasteiger partial charge < -0.3 is 0 Å². The maximum absolute atomic E-state index is 3.92. The Morgan fingerprint density at radius 1 is 1.21 bits per heavy atom. The molecular weight excluding hydrogens is 168 g/mol. The lowest BCUT2D eigenvalue weighted by molar-refractivity contribution is 0.928. The SMILES string of the molecule is C.C=C(C)CC=CC(=C)CCC.CC. The Morgan fingerprint density at radius 3 is 2.07 bits per heavy atom. The first-order chi connectivity index (χ1) is 6.16. The van der Waals surface area contributed by atoms with Gasteiger partial charge in [0.25, 0.3) is 0 Å². The number of rotatable bonds is 5. The fraction of sp³-hybridized carbons (Fsp3) is 0.571. The van der Waals surface area contributed by atoms with E-state index in [1.165, 1.54) is 17.6 Å². The molecule has 0 aliphatic heterocycles. The van der Waals surface area contributed by atoms with Crippen LogP contribution < -0.4 is 0 Å². The maximum Gasteiger partial charge on any atom is -0.0141 e. The van der Waals surface area contributed by atoms with Crippen LogP contribution in [0.25, 0.3) is 0 Å². The van der Waals surface area contributed by atoms with Crippen molar-refractivity contribution in [3.63, 3.8) is 0 Å². The molecule has 0 radical (unpaired) electrons. The summed E-state index contributed by atoms with van der Waals surface area (Å²) in [7, 11) is 0. The molecule has 0 aromatic heterocycles. The van der Waals surface area contributed by atoms with Gasteiger partial charge in [0.05, 0.1) is 0 Å². The third-order valence-electron chi connectivity index (χ3n) is 1.39. The minimum atomic E-state index is 0. The van der Waals surface area contributed by atoms with Crippen LogP contribution in [0.15, 0.2) is 36.5 Å². The van der Waals surface area contributed by atoms with Gasteiger partial charge in [0.15, 0.2) is 0 Å². The van der Waals surface area contributed by atoms with Crippen LogP contribution in [0.2, 0.25) is 0 Å². The van der Waals surface area contributed by atoms with Gasteiger partial charge in [-0.25, -0.2) is 0 Å². The maximum atomic E-state index is 3.92.